The Morgan fingerprint density at radius 3 is 2.53 bits per heavy atom. The van der Waals surface area contributed by atoms with Crippen molar-refractivity contribution in [3.05, 3.63) is 22.7 Å². The third kappa shape index (κ3) is 6.49. The van der Waals surface area contributed by atoms with Gasteiger partial charge in [-0.05, 0) is 18.9 Å². The van der Waals surface area contributed by atoms with Gasteiger partial charge in [0, 0.05) is 26.1 Å². The zero-order valence-electron chi connectivity index (χ0n) is 16.7. The van der Waals surface area contributed by atoms with Crippen LogP contribution in [0.5, 0.6) is 0 Å². The van der Waals surface area contributed by atoms with E-state index >= 15 is 0 Å². The van der Waals surface area contributed by atoms with E-state index in [4.69, 9.17) is 14.7 Å². The molecule has 2 heterocycles. The standard InChI is InChI=1S/C18H28N4O8/c1-19-12-8-9-22(18(27)20-12)17-16(26)15(25)11(30-17)10-29-14(24)7-5-3-2-4-6-13(23)21-28/h8-9,11,15-17,25-26,28H,2-7,10H2,1H3,(H,21,23)(H,19,20,27)/t11-,15-,16+,17-/m1/s1. The minimum atomic E-state index is -1.38. The summed E-state index contributed by atoms with van der Waals surface area (Å²) in [7, 11) is 1.61. The van der Waals surface area contributed by atoms with Gasteiger partial charge in [0.05, 0.1) is 0 Å². The molecule has 0 saturated carbocycles. The molecule has 1 aromatic heterocycles. The molecule has 168 valence electrons. The van der Waals surface area contributed by atoms with Crippen molar-refractivity contribution in [2.75, 3.05) is 19.0 Å². The van der Waals surface area contributed by atoms with Crippen LogP contribution in [0.4, 0.5) is 5.82 Å². The number of rotatable bonds is 11. The maximum Gasteiger partial charge on any atom is 0.351 e. The summed E-state index contributed by atoms with van der Waals surface area (Å²) in [4.78, 5) is 38.6. The summed E-state index contributed by atoms with van der Waals surface area (Å²) >= 11 is 0. The molecule has 12 heteroatoms. The lowest BCUT2D eigenvalue weighted by Gasteiger charge is -2.17. The van der Waals surface area contributed by atoms with E-state index in [9.17, 15) is 24.6 Å². The number of aliphatic hydroxyl groups is 2. The van der Waals surface area contributed by atoms with E-state index in [1.165, 1.54) is 12.3 Å². The Labute approximate surface area is 172 Å². The maximum absolute atomic E-state index is 12.1. The largest absolute Gasteiger partial charge is 0.463 e. The highest BCUT2D eigenvalue weighted by molar-refractivity contribution is 5.74. The molecule has 12 nitrogen and oxygen atoms in total. The molecule has 0 bridgehead atoms. The van der Waals surface area contributed by atoms with E-state index in [1.807, 2.05) is 0 Å². The van der Waals surface area contributed by atoms with E-state index < -0.39 is 42.1 Å². The van der Waals surface area contributed by atoms with Gasteiger partial charge in [0.25, 0.3) is 0 Å². The summed E-state index contributed by atoms with van der Waals surface area (Å²) in [5, 5.41) is 31.5. The number of hydrogen-bond donors (Lipinski definition) is 5. The summed E-state index contributed by atoms with van der Waals surface area (Å²) in [6.07, 6.45) is -0.462. The summed E-state index contributed by atoms with van der Waals surface area (Å²) in [6.45, 7) is -0.263. The van der Waals surface area contributed by atoms with E-state index in [2.05, 4.69) is 10.3 Å². The number of aromatic nitrogens is 2. The van der Waals surface area contributed by atoms with Crippen molar-refractivity contribution in [3.63, 3.8) is 0 Å². The lowest BCUT2D eigenvalue weighted by Crippen LogP contribution is -2.36. The van der Waals surface area contributed by atoms with Crippen molar-refractivity contribution in [1.29, 1.82) is 0 Å². The first-order valence-electron chi connectivity index (χ1n) is 9.74. The van der Waals surface area contributed by atoms with E-state index in [0.29, 0.717) is 18.7 Å². The Morgan fingerprint density at radius 1 is 1.20 bits per heavy atom. The molecule has 5 N–H and O–H groups in total. The normalized spacial score (nSPS) is 23.2. The van der Waals surface area contributed by atoms with Crippen LogP contribution in [-0.2, 0) is 19.1 Å². The number of carbonyl (C=O) groups excluding carboxylic acids is 2. The average molecular weight is 428 g/mol. The number of esters is 1. The van der Waals surface area contributed by atoms with Crippen LogP contribution >= 0.6 is 0 Å². The molecule has 1 aliphatic heterocycles. The molecule has 1 fully saturated rings. The number of hydrogen-bond acceptors (Lipinski definition) is 10. The number of nitrogens with one attached hydrogen (secondary N) is 2. The van der Waals surface area contributed by atoms with Gasteiger partial charge in [-0.2, -0.15) is 4.98 Å². The molecular formula is C18H28N4O8. The average Bonchev–Trinajstić information content (AvgIpc) is 3.02. The van der Waals surface area contributed by atoms with Crippen molar-refractivity contribution >= 4 is 17.7 Å². The Bertz CT molecular complexity index is 771. The summed E-state index contributed by atoms with van der Waals surface area (Å²) in [6, 6.07) is 1.52. The minimum absolute atomic E-state index is 0.163. The predicted molar refractivity (Wildman–Crippen MR) is 103 cm³/mol. The fourth-order valence-electron chi connectivity index (χ4n) is 3.05. The van der Waals surface area contributed by atoms with Crippen molar-refractivity contribution in [1.82, 2.24) is 15.0 Å². The summed E-state index contributed by atoms with van der Waals surface area (Å²) in [5.74, 6) is -0.568. The minimum Gasteiger partial charge on any atom is -0.463 e. The molecule has 30 heavy (non-hydrogen) atoms. The third-order valence-electron chi connectivity index (χ3n) is 4.77. The van der Waals surface area contributed by atoms with Crippen LogP contribution in [-0.4, -0.2) is 68.8 Å². The molecule has 0 radical (unpaired) electrons. The number of amides is 1. The number of carbonyl (C=O) groups is 2. The number of hydroxylamine groups is 1. The number of nitrogens with zero attached hydrogens (tertiary/aromatic N) is 2. The molecule has 1 aromatic rings. The van der Waals surface area contributed by atoms with Crippen LogP contribution in [0, 0.1) is 0 Å². The highest BCUT2D eigenvalue weighted by Gasteiger charge is 2.44. The second-order valence-corrected chi connectivity index (χ2v) is 6.93. The first-order chi connectivity index (χ1) is 14.4. The van der Waals surface area contributed by atoms with E-state index in [-0.39, 0.29) is 19.4 Å². The van der Waals surface area contributed by atoms with Gasteiger partial charge in [-0.15, -0.1) is 0 Å². The molecular weight excluding hydrogens is 400 g/mol. The number of aliphatic hydroxyl groups excluding tert-OH is 2. The molecule has 2 rings (SSSR count). The zero-order valence-corrected chi connectivity index (χ0v) is 16.7. The van der Waals surface area contributed by atoms with Crippen LogP contribution in [0.3, 0.4) is 0 Å². The zero-order chi connectivity index (χ0) is 22.1. The second kappa shape index (κ2) is 11.6. The van der Waals surface area contributed by atoms with E-state index in [1.54, 1.807) is 12.5 Å². The fourth-order valence-corrected chi connectivity index (χ4v) is 3.05. The van der Waals surface area contributed by atoms with Crippen LogP contribution in [0.2, 0.25) is 0 Å². The molecule has 0 aromatic carbocycles. The molecule has 4 atom stereocenters. The molecule has 1 amide bonds. The first-order valence-corrected chi connectivity index (χ1v) is 9.74. The fraction of sp³-hybridized carbons (Fsp3) is 0.667. The van der Waals surface area contributed by atoms with Crippen molar-refractivity contribution < 1.29 is 34.5 Å². The van der Waals surface area contributed by atoms with Crippen LogP contribution in [0.1, 0.15) is 44.8 Å². The lowest BCUT2D eigenvalue weighted by molar-refractivity contribution is -0.150. The van der Waals surface area contributed by atoms with Gasteiger partial charge in [0.2, 0.25) is 5.91 Å². The maximum atomic E-state index is 12.1. The van der Waals surface area contributed by atoms with Crippen LogP contribution < -0.4 is 16.5 Å². The molecule has 1 saturated heterocycles. The lowest BCUT2D eigenvalue weighted by atomic mass is 10.1. The molecule has 0 spiro atoms. The molecule has 1 aliphatic rings. The van der Waals surface area contributed by atoms with Gasteiger partial charge >= 0.3 is 11.7 Å². The smallest absolute Gasteiger partial charge is 0.351 e. The number of unbranched alkanes of at least 4 members (excludes halogenated alkanes) is 3. The van der Waals surface area contributed by atoms with Gasteiger partial charge in [-0.25, -0.2) is 10.3 Å². The summed E-state index contributed by atoms with van der Waals surface area (Å²) in [5.41, 5.74) is 0.898. The van der Waals surface area contributed by atoms with Gasteiger partial charge in [0.15, 0.2) is 6.23 Å². The highest BCUT2D eigenvalue weighted by atomic mass is 16.6. The van der Waals surface area contributed by atoms with Gasteiger partial charge < -0.3 is 25.0 Å². The second-order valence-electron chi connectivity index (χ2n) is 6.93. The molecule has 0 unspecified atom stereocenters. The van der Waals surface area contributed by atoms with Crippen LogP contribution in [0.25, 0.3) is 0 Å². The van der Waals surface area contributed by atoms with Crippen molar-refractivity contribution in [2.45, 2.75) is 63.1 Å². The van der Waals surface area contributed by atoms with Gasteiger partial charge in [-0.3, -0.25) is 19.4 Å². The van der Waals surface area contributed by atoms with Crippen molar-refractivity contribution in [2.24, 2.45) is 0 Å². The van der Waals surface area contributed by atoms with Gasteiger partial charge in [-0.1, -0.05) is 12.8 Å². The predicted octanol–water partition coefficient (Wildman–Crippen LogP) is -0.707. The Balaban J connectivity index is 1.75. The topological polar surface area (TPSA) is 172 Å². The first kappa shape index (κ1) is 23.7. The van der Waals surface area contributed by atoms with Gasteiger partial charge in [0.1, 0.15) is 30.7 Å². The van der Waals surface area contributed by atoms with Crippen molar-refractivity contribution in [3.8, 4) is 0 Å². The Kier molecular flexibility index (Phi) is 9.17. The SMILES string of the molecule is CNc1ccn([C@@H]2O[C@H](COC(=O)CCCCCCC(=O)NO)[C@@H](O)[C@@H]2O)c(=O)n1. The summed E-state index contributed by atoms with van der Waals surface area (Å²) < 4.78 is 11.7. The quantitative estimate of drug-likeness (QED) is 0.131. The monoisotopic (exact) mass is 428 g/mol. The highest BCUT2D eigenvalue weighted by Crippen LogP contribution is 2.28. The van der Waals surface area contributed by atoms with E-state index in [0.717, 1.165) is 17.4 Å². The molecule has 0 aliphatic carbocycles. The Morgan fingerprint density at radius 2 is 1.90 bits per heavy atom. The van der Waals surface area contributed by atoms with Crippen LogP contribution in [0.15, 0.2) is 17.1 Å². The third-order valence-corrected chi connectivity index (χ3v) is 4.77. The number of anilines is 1. The number of ether oxygens (including phenoxy) is 2. The Hall–Kier alpha value is -2.54.